The van der Waals surface area contributed by atoms with Crippen molar-refractivity contribution in [3.8, 4) is 0 Å². The van der Waals surface area contributed by atoms with E-state index in [2.05, 4.69) is 0 Å². The van der Waals surface area contributed by atoms with Crippen molar-refractivity contribution in [1.82, 2.24) is 0 Å². The average molecular weight is 286 g/mol. The largest absolute Gasteiger partial charge is 0.494 e. The summed E-state index contributed by atoms with van der Waals surface area (Å²) in [6, 6.07) is 0. The Balaban J connectivity index is 2.53. The monoisotopic (exact) mass is 286 g/mol. The molecule has 7 nitrogen and oxygen atoms in total. The molecule has 2 aliphatic rings. The first-order valence-corrected chi connectivity index (χ1v) is 6.17. The normalized spacial score (nSPS) is 39.6. The number of hydrogen-bond acceptors (Lipinski definition) is 7. The lowest BCUT2D eigenvalue weighted by Gasteiger charge is -2.30. The van der Waals surface area contributed by atoms with Gasteiger partial charge in [0.15, 0.2) is 11.5 Å². The van der Waals surface area contributed by atoms with Gasteiger partial charge >= 0.3 is 11.9 Å². The van der Waals surface area contributed by atoms with Gasteiger partial charge in [-0.3, -0.25) is 4.79 Å². The molecule has 20 heavy (non-hydrogen) atoms. The molecule has 2 aliphatic heterocycles. The van der Waals surface area contributed by atoms with Crippen molar-refractivity contribution in [3.05, 3.63) is 11.8 Å². The van der Waals surface area contributed by atoms with Crippen molar-refractivity contribution >= 4 is 11.9 Å². The van der Waals surface area contributed by atoms with Crippen LogP contribution >= 0.6 is 0 Å². The standard InChI is InChI=1S/C13H18O7/c1-7-10(11(15)17-4)13(20-12(7,2)18-5)8(16-3)6-9(14)19-13/h6-7,10H,1-5H3/t7-,10+,12+,13+/m0/s1. The number of carbonyl (C=O) groups excluding carboxylic acids is 2. The zero-order valence-corrected chi connectivity index (χ0v) is 12.1. The van der Waals surface area contributed by atoms with Gasteiger partial charge in [0, 0.05) is 13.0 Å². The molecule has 2 rings (SSSR count). The molecule has 0 aromatic heterocycles. The molecule has 0 aromatic rings. The minimum absolute atomic E-state index is 0.130. The summed E-state index contributed by atoms with van der Waals surface area (Å²) >= 11 is 0. The summed E-state index contributed by atoms with van der Waals surface area (Å²) in [6.45, 7) is 3.43. The topological polar surface area (TPSA) is 80.3 Å². The summed E-state index contributed by atoms with van der Waals surface area (Å²) in [4.78, 5) is 23.7. The fraction of sp³-hybridized carbons (Fsp3) is 0.692. The molecule has 7 heteroatoms. The van der Waals surface area contributed by atoms with Crippen LogP contribution in [-0.2, 0) is 33.3 Å². The Morgan fingerprint density at radius 2 is 2.00 bits per heavy atom. The van der Waals surface area contributed by atoms with Gasteiger partial charge in [-0.1, -0.05) is 6.92 Å². The van der Waals surface area contributed by atoms with Crippen molar-refractivity contribution in [3.63, 3.8) is 0 Å². The number of ether oxygens (including phenoxy) is 5. The summed E-state index contributed by atoms with van der Waals surface area (Å²) in [5, 5.41) is 0. The average Bonchev–Trinajstić information content (AvgIpc) is 2.84. The quantitative estimate of drug-likeness (QED) is 0.702. The van der Waals surface area contributed by atoms with Crippen LogP contribution in [0.25, 0.3) is 0 Å². The highest BCUT2D eigenvalue weighted by molar-refractivity contribution is 5.88. The molecule has 0 unspecified atom stereocenters. The van der Waals surface area contributed by atoms with Gasteiger partial charge in [0.1, 0.15) is 5.92 Å². The first-order chi connectivity index (χ1) is 9.34. The van der Waals surface area contributed by atoms with E-state index in [0.29, 0.717) is 0 Å². The van der Waals surface area contributed by atoms with Crippen LogP contribution in [0.3, 0.4) is 0 Å². The van der Waals surface area contributed by atoms with Crippen LogP contribution < -0.4 is 0 Å². The van der Waals surface area contributed by atoms with Gasteiger partial charge in [-0.2, -0.15) is 0 Å². The zero-order valence-electron chi connectivity index (χ0n) is 12.1. The van der Waals surface area contributed by atoms with Crippen LogP contribution in [0.5, 0.6) is 0 Å². The van der Waals surface area contributed by atoms with Crippen LogP contribution in [0.1, 0.15) is 13.8 Å². The van der Waals surface area contributed by atoms with E-state index in [4.69, 9.17) is 23.7 Å². The predicted octanol–water partition coefficient (Wildman–Crippen LogP) is 0.588. The first-order valence-electron chi connectivity index (χ1n) is 6.17. The van der Waals surface area contributed by atoms with Gasteiger partial charge in [-0.15, -0.1) is 0 Å². The zero-order chi connectivity index (χ0) is 15.1. The first kappa shape index (κ1) is 14.8. The molecule has 2 heterocycles. The second-order valence-corrected chi connectivity index (χ2v) is 4.91. The number of carbonyl (C=O) groups is 2. The minimum Gasteiger partial charge on any atom is -0.494 e. The Morgan fingerprint density at radius 3 is 2.50 bits per heavy atom. The van der Waals surface area contributed by atoms with E-state index in [9.17, 15) is 9.59 Å². The van der Waals surface area contributed by atoms with E-state index >= 15 is 0 Å². The van der Waals surface area contributed by atoms with Crippen molar-refractivity contribution < 1.29 is 33.3 Å². The third-order valence-electron chi connectivity index (χ3n) is 4.02. The Labute approximate surface area is 116 Å². The number of rotatable bonds is 3. The molecule has 1 fully saturated rings. The van der Waals surface area contributed by atoms with Crippen molar-refractivity contribution in [2.75, 3.05) is 21.3 Å². The molecule has 1 saturated heterocycles. The molecule has 4 atom stereocenters. The van der Waals surface area contributed by atoms with Gasteiger partial charge in [-0.05, 0) is 6.92 Å². The lowest BCUT2D eigenvalue weighted by atomic mass is 9.84. The number of hydrogen-bond donors (Lipinski definition) is 0. The third kappa shape index (κ3) is 1.81. The van der Waals surface area contributed by atoms with Gasteiger partial charge in [0.2, 0.25) is 0 Å². The third-order valence-corrected chi connectivity index (χ3v) is 4.02. The van der Waals surface area contributed by atoms with Gasteiger partial charge < -0.3 is 23.7 Å². The van der Waals surface area contributed by atoms with Crippen LogP contribution in [-0.4, -0.2) is 44.8 Å². The highest BCUT2D eigenvalue weighted by Crippen LogP contribution is 2.53. The van der Waals surface area contributed by atoms with Gasteiger partial charge in [0.25, 0.3) is 5.79 Å². The molecule has 0 aromatic carbocycles. The molecule has 0 aliphatic carbocycles. The summed E-state index contributed by atoms with van der Waals surface area (Å²) in [7, 11) is 4.09. The van der Waals surface area contributed by atoms with Crippen LogP contribution in [0, 0.1) is 11.8 Å². The van der Waals surface area contributed by atoms with E-state index in [1.165, 1.54) is 21.3 Å². The van der Waals surface area contributed by atoms with E-state index in [1.807, 2.05) is 0 Å². The molecular formula is C13H18O7. The Morgan fingerprint density at radius 1 is 1.35 bits per heavy atom. The van der Waals surface area contributed by atoms with E-state index in [1.54, 1.807) is 13.8 Å². The summed E-state index contributed by atoms with van der Waals surface area (Å²) in [5.74, 6) is -5.10. The van der Waals surface area contributed by atoms with Crippen molar-refractivity contribution in [1.29, 1.82) is 0 Å². The Hall–Kier alpha value is -1.60. The highest BCUT2D eigenvalue weighted by atomic mass is 16.8. The van der Waals surface area contributed by atoms with E-state index in [0.717, 1.165) is 6.08 Å². The predicted molar refractivity (Wildman–Crippen MR) is 65.1 cm³/mol. The minimum atomic E-state index is -1.64. The molecule has 0 radical (unpaired) electrons. The lowest BCUT2D eigenvalue weighted by molar-refractivity contribution is -0.294. The number of esters is 2. The molecule has 112 valence electrons. The maximum absolute atomic E-state index is 12.1. The molecule has 1 spiro atoms. The van der Waals surface area contributed by atoms with Crippen LogP contribution in [0.4, 0.5) is 0 Å². The van der Waals surface area contributed by atoms with Crippen LogP contribution in [0.15, 0.2) is 11.8 Å². The molecule has 0 N–H and O–H groups in total. The SMILES string of the molecule is COC(=O)[C@H]1[C@H](C)[C@](C)(OC)O[C@@]12OC(=O)C=C2OC. The maximum atomic E-state index is 12.1. The second kappa shape index (κ2) is 4.75. The van der Waals surface area contributed by atoms with E-state index in [-0.39, 0.29) is 5.76 Å². The fourth-order valence-corrected chi connectivity index (χ4v) is 2.73. The van der Waals surface area contributed by atoms with Crippen LogP contribution in [0.2, 0.25) is 0 Å². The Bertz CT molecular complexity index is 471. The van der Waals surface area contributed by atoms with Gasteiger partial charge in [-0.25, -0.2) is 4.79 Å². The highest BCUT2D eigenvalue weighted by Gasteiger charge is 2.69. The van der Waals surface area contributed by atoms with Crippen molar-refractivity contribution in [2.45, 2.75) is 25.4 Å². The molecule has 0 saturated carbocycles. The number of methoxy groups -OCH3 is 3. The molecule has 0 bridgehead atoms. The maximum Gasteiger partial charge on any atom is 0.337 e. The lowest BCUT2D eigenvalue weighted by Crippen LogP contribution is -2.44. The van der Waals surface area contributed by atoms with E-state index < -0.39 is 35.3 Å². The smallest absolute Gasteiger partial charge is 0.337 e. The van der Waals surface area contributed by atoms with Crippen molar-refractivity contribution in [2.24, 2.45) is 11.8 Å². The van der Waals surface area contributed by atoms with Gasteiger partial charge in [0.05, 0.1) is 20.3 Å². The second-order valence-electron chi connectivity index (χ2n) is 4.91. The fourth-order valence-electron chi connectivity index (χ4n) is 2.73. The summed E-state index contributed by atoms with van der Waals surface area (Å²) in [6.07, 6.45) is 1.16. The summed E-state index contributed by atoms with van der Waals surface area (Å²) in [5.41, 5.74) is 0. The Kier molecular flexibility index (Phi) is 3.51. The summed E-state index contributed by atoms with van der Waals surface area (Å²) < 4.78 is 26.4. The molecular weight excluding hydrogens is 268 g/mol. The molecule has 0 amide bonds.